The lowest BCUT2D eigenvalue weighted by atomic mass is 10.0. The first-order valence-electron chi connectivity index (χ1n) is 9.68. The second kappa shape index (κ2) is 11.2. The first-order valence-corrected chi connectivity index (χ1v) is 9.68. The van der Waals surface area contributed by atoms with Gasteiger partial charge in [0.25, 0.3) is 5.91 Å². The zero-order valence-electron chi connectivity index (χ0n) is 16.1. The van der Waals surface area contributed by atoms with Gasteiger partial charge in [-0.2, -0.15) is 0 Å². The van der Waals surface area contributed by atoms with Crippen LogP contribution in [0.3, 0.4) is 0 Å². The minimum atomic E-state index is -0.564. The maximum Gasteiger partial charge on any atom is 0.251 e. The Hall–Kier alpha value is -2.57. The molecule has 1 aliphatic carbocycles. The van der Waals surface area contributed by atoms with Gasteiger partial charge in [-0.3, -0.25) is 14.6 Å². The number of nitrogens with one attached hydrogen (secondary N) is 3. The molecule has 0 aromatic heterocycles. The highest BCUT2D eigenvalue weighted by atomic mass is 16.2. The number of carbonyl (C=O) groups excluding carboxylic acids is 2. The molecule has 0 atom stereocenters. The standard InChI is InChI=1S/C20H31N5O2/c1-22-20(23-12-4-7-15-5-2-3-6-15)25-13-16-8-10-17(11-9-16)19(27)24-14-18(21)26/h8-11,15H,2-7,12-14H2,1H3,(H2,21,26)(H,24,27)(H2,22,23,25). The van der Waals surface area contributed by atoms with Crippen LogP contribution in [0.4, 0.5) is 0 Å². The summed E-state index contributed by atoms with van der Waals surface area (Å²) in [6.45, 7) is 1.38. The highest BCUT2D eigenvalue weighted by Crippen LogP contribution is 2.28. The van der Waals surface area contributed by atoms with Crippen molar-refractivity contribution in [3.05, 3.63) is 35.4 Å². The van der Waals surface area contributed by atoms with Gasteiger partial charge < -0.3 is 21.7 Å². The van der Waals surface area contributed by atoms with Gasteiger partial charge in [0, 0.05) is 25.7 Å². The van der Waals surface area contributed by atoms with Crippen LogP contribution in [0.25, 0.3) is 0 Å². The minimum Gasteiger partial charge on any atom is -0.368 e. The molecule has 0 bridgehead atoms. The van der Waals surface area contributed by atoms with Crippen LogP contribution in [-0.2, 0) is 11.3 Å². The fraction of sp³-hybridized carbons (Fsp3) is 0.550. The fourth-order valence-corrected chi connectivity index (χ4v) is 3.35. The van der Waals surface area contributed by atoms with E-state index in [4.69, 9.17) is 5.73 Å². The van der Waals surface area contributed by atoms with E-state index in [0.29, 0.717) is 12.1 Å². The largest absolute Gasteiger partial charge is 0.368 e. The Labute approximate surface area is 161 Å². The van der Waals surface area contributed by atoms with Gasteiger partial charge in [0.1, 0.15) is 0 Å². The number of nitrogens with two attached hydrogens (primary N) is 1. The molecule has 1 aromatic rings. The molecule has 1 aromatic carbocycles. The minimum absolute atomic E-state index is 0.162. The van der Waals surface area contributed by atoms with Crippen LogP contribution in [0.15, 0.2) is 29.3 Å². The quantitative estimate of drug-likeness (QED) is 0.299. The van der Waals surface area contributed by atoms with Gasteiger partial charge in [-0.15, -0.1) is 0 Å². The third-order valence-corrected chi connectivity index (χ3v) is 4.88. The maximum atomic E-state index is 11.9. The molecular formula is C20H31N5O2. The van der Waals surface area contributed by atoms with E-state index >= 15 is 0 Å². The number of hydrogen-bond acceptors (Lipinski definition) is 3. The molecule has 0 aliphatic heterocycles. The van der Waals surface area contributed by atoms with E-state index < -0.39 is 5.91 Å². The van der Waals surface area contributed by atoms with E-state index in [0.717, 1.165) is 24.0 Å². The molecule has 7 nitrogen and oxygen atoms in total. The Balaban J connectivity index is 1.68. The number of aliphatic imine (C=N–C) groups is 1. The summed E-state index contributed by atoms with van der Waals surface area (Å²) in [5.41, 5.74) is 6.55. The summed E-state index contributed by atoms with van der Waals surface area (Å²) >= 11 is 0. The number of benzene rings is 1. The molecule has 148 valence electrons. The van der Waals surface area contributed by atoms with Crippen LogP contribution >= 0.6 is 0 Å². The fourth-order valence-electron chi connectivity index (χ4n) is 3.35. The summed E-state index contributed by atoms with van der Waals surface area (Å²) in [6, 6.07) is 7.20. The van der Waals surface area contributed by atoms with Crippen molar-refractivity contribution in [1.82, 2.24) is 16.0 Å². The molecule has 0 saturated heterocycles. The van der Waals surface area contributed by atoms with Gasteiger partial charge >= 0.3 is 0 Å². The zero-order chi connectivity index (χ0) is 19.5. The van der Waals surface area contributed by atoms with Crippen molar-refractivity contribution < 1.29 is 9.59 Å². The van der Waals surface area contributed by atoms with Crippen molar-refractivity contribution in [1.29, 1.82) is 0 Å². The van der Waals surface area contributed by atoms with Gasteiger partial charge in [-0.05, 0) is 36.5 Å². The maximum absolute atomic E-state index is 11.9. The van der Waals surface area contributed by atoms with Crippen LogP contribution in [0.2, 0.25) is 0 Å². The average Bonchev–Trinajstić information content (AvgIpc) is 3.19. The number of guanidine groups is 1. The summed E-state index contributed by atoms with van der Waals surface area (Å²) in [5, 5.41) is 9.10. The predicted molar refractivity (Wildman–Crippen MR) is 107 cm³/mol. The van der Waals surface area contributed by atoms with E-state index in [9.17, 15) is 9.59 Å². The summed E-state index contributed by atoms with van der Waals surface area (Å²) in [6.07, 6.45) is 8.04. The predicted octanol–water partition coefficient (Wildman–Crippen LogP) is 1.54. The molecule has 0 heterocycles. The third kappa shape index (κ3) is 7.68. The third-order valence-electron chi connectivity index (χ3n) is 4.88. The Bertz CT molecular complexity index is 636. The Morgan fingerprint density at radius 2 is 1.81 bits per heavy atom. The molecule has 0 radical (unpaired) electrons. The molecule has 0 spiro atoms. The molecule has 27 heavy (non-hydrogen) atoms. The topological polar surface area (TPSA) is 109 Å². The second-order valence-corrected chi connectivity index (χ2v) is 6.99. The average molecular weight is 374 g/mol. The molecule has 1 aliphatic rings. The summed E-state index contributed by atoms with van der Waals surface area (Å²) < 4.78 is 0. The lowest BCUT2D eigenvalue weighted by molar-refractivity contribution is -0.117. The van der Waals surface area contributed by atoms with Crippen LogP contribution in [0.1, 0.15) is 54.4 Å². The Morgan fingerprint density at radius 1 is 1.11 bits per heavy atom. The van der Waals surface area contributed by atoms with Gasteiger partial charge in [-0.1, -0.05) is 37.8 Å². The van der Waals surface area contributed by atoms with E-state index in [1.54, 1.807) is 19.2 Å². The molecule has 2 amide bonds. The van der Waals surface area contributed by atoms with Crippen LogP contribution in [0, 0.1) is 5.92 Å². The zero-order valence-corrected chi connectivity index (χ0v) is 16.1. The molecular weight excluding hydrogens is 342 g/mol. The van der Waals surface area contributed by atoms with Crippen molar-refractivity contribution in [2.24, 2.45) is 16.6 Å². The van der Waals surface area contributed by atoms with Crippen molar-refractivity contribution in [2.45, 2.75) is 45.1 Å². The van der Waals surface area contributed by atoms with Crippen LogP contribution in [0.5, 0.6) is 0 Å². The van der Waals surface area contributed by atoms with Crippen molar-refractivity contribution in [3.8, 4) is 0 Å². The van der Waals surface area contributed by atoms with Crippen LogP contribution in [-0.4, -0.2) is 37.9 Å². The first kappa shape index (κ1) is 20.7. The number of hydrogen-bond donors (Lipinski definition) is 4. The highest BCUT2D eigenvalue weighted by molar-refractivity contribution is 5.96. The van der Waals surface area contributed by atoms with Gasteiger partial charge in [0.05, 0.1) is 6.54 Å². The molecule has 1 saturated carbocycles. The van der Waals surface area contributed by atoms with Crippen molar-refractivity contribution in [2.75, 3.05) is 20.1 Å². The van der Waals surface area contributed by atoms with E-state index in [2.05, 4.69) is 20.9 Å². The van der Waals surface area contributed by atoms with Crippen molar-refractivity contribution >= 4 is 17.8 Å². The summed E-state index contributed by atoms with van der Waals surface area (Å²) in [5.74, 6) is 0.824. The monoisotopic (exact) mass is 373 g/mol. The van der Waals surface area contributed by atoms with Gasteiger partial charge in [0.2, 0.25) is 5.91 Å². The molecule has 1 fully saturated rings. The lowest BCUT2D eigenvalue weighted by Crippen LogP contribution is -2.37. The number of carbonyl (C=O) groups is 2. The number of nitrogens with zero attached hydrogens (tertiary/aromatic N) is 1. The van der Waals surface area contributed by atoms with E-state index in [-0.39, 0.29) is 12.5 Å². The highest BCUT2D eigenvalue weighted by Gasteiger charge is 2.14. The summed E-state index contributed by atoms with van der Waals surface area (Å²) in [7, 11) is 1.76. The number of rotatable bonds is 9. The normalized spacial score (nSPS) is 14.8. The SMILES string of the molecule is CN=C(NCCCC1CCCC1)NCc1ccc(C(=O)NCC(N)=O)cc1. The van der Waals surface area contributed by atoms with Crippen molar-refractivity contribution in [3.63, 3.8) is 0 Å². The van der Waals surface area contributed by atoms with Gasteiger partial charge in [-0.25, -0.2) is 0 Å². The number of amides is 2. The first-order chi connectivity index (χ1) is 13.1. The Morgan fingerprint density at radius 3 is 2.44 bits per heavy atom. The van der Waals surface area contributed by atoms with E-state index in [1.165, 1.54) is 38.5 Å². The van der Waals surface area contributed by atoms with E-state index in [1.807, 2.05) is 12.1 Å². The smallest absolute Gasteiger partial charge is 0.251 e. The number of primary amides is 1. The molecule has 5 N–H and O–H groups in total. The molecule has 0 unspecified atom stereocenters. The second-order valence-electron chi connectivity index (χ2n) is 6.99. The molecule has 2 rings (SSSR count). The molecule has 7 heteroatoms. The summed E-state index contributed by atoms with van der Waals surface area (Å²) in [4.78, 5) is 26.8. The van der Waals surface area contributed by atoms with Gasteiger partial charge in [0.15, 0.2) is 5.96 Å². The Kier molecular flexibility index (Phi) is 8.61. The van der Waals surface area contributed by atoms with Crippen LogP contribution < -0.4 is 21.7 Å². The lowest BCUT2D eigenvalue weighted by Gasteiger charge is -2.13.